The van der Waals surface area contributed by atoms with Gasteiger partial charge in [0.15, 0.2) is 0 Å². The average Bonchev–Trinajstić information content (AvgIpc) is 2.22. The van der Waals surface area contributed by atoms with Crippen LogP contribution < -0.4 is 5.32 Å². The van der Waals surface area contributed by atoms with Crippen LogP contribution in [0.3, 0.4) is 0 Å². The topological polar surface area (TPSA) is 95.9 Å². The van der Waals surface area contributed by atoms with Gasteiger partial charge in [0.2, 0.25) is 5.91 Å². The van der Waals surface area contributed by atoms with Crippen molar-refractivity contribution in [2.45, 2.75) is 6.10 Å². The maximum Gasteiger partial charge on any atom is 0.325 e. The number of esters is 1. The number of thiol groups is 1. The summed E-state index contributed by atoms with van der Waals surface area (Å²) in [7, 11) is 0. The van der Waals surface area contributed by atoms with Crippen LogP contribution in [-0.4, -0.2) is 53.7 Å². The molecule has 0 aliphatic heterocycles. The molecule has 1 amide bonds. The fraction of sp³-hybridized carbons (Fsp3) is 0.714. The van der Waals surface area contributed by atoms with Gasteiger partial charge in [-0.1, -0.05) is 0 Å². The lowest BCUT2D eigenvalue weighted by atomic mass is 10.4. The van der Waals surface area contributed by atoms with Gasteiger partial charge < -0.3 is 20.3 Å². The number of hydrogen-bond acceptors (Lipinski definition) is 6. The van der Waals surface area contributed by atoms with Crippen LogP contribution >= 0.6 is 12.6 Å². The number of ether oxygens (including phenoxy) is 1. The minimum atomic E-state index is -1.08. The summed E-state index contributed by atoms with van der Waals surface area (Å²) in [5.74, 6) is -1.06. The Bertz CT molecular complexity index is 199. The first-order chi connectivity index (χ1) is 6.60. The second-order valence-corrected chi connectivity index (χ2v) is 2.77. The average molecular weight is 223 g/mol. The van der Waals surface area contributed by atoms with Crippen LogP contribution in [0.4, 0.5) is 0 Å². The van der Waals surface area contributed by atoms with Crippen LogP contribution in [0.2, 0.25) is 0 Å². The Morgan fingerprint density at radius 3 is 2.64 bits per heavy atom. The molecule has 0 heterocycles. The molecule has 0 saturated carbocycles. The predicted molar refractivity (Wildman–Crippen MR) is 50.9 cm³/mol. The van der Waals surface area contributed by atoms with E-state index in [-0.39, 0.29) is 24.8 Å². The maximum absolute atomic E-state index is 10.8. The van der Waals surface area contributed by atoms with Crippen LogP contribution in [0.15, 0.2) is 0 Å². The molecule has 0 radical (unpaired) electrons. The zero-order chi connectivity index (χ0) is 11.0. The largest absolute Gasteiger partial charge is 0.462 e. The Morgan fingerprint density at radius 1 is 1.50 bits per heavy atom. The van der Waals surface area contributed by atoms with Gasteiger partial charge in [0.05, 0.1) is 12.4 Å². The molecule has 0 aromatic carbocycles. The molecule has 82 valence electrons. The zero-order valence-corrected chi connectivity index (χ0v) is 8.37. The first-order valence-electron chi connectivity index (χ1n) is 3.92. The van der Waals surface area contributed by atoms with Crippen LogP contribution in [0.1, 0.15) is 0 Å². The van der Waals surface area contributed by atoms with Crippen LogP contribution in [0.5, 0.6) is 0 Å². The zero-order valence-electron chi connectivity index (χ0n) is 7.47. The minimum absolute atomic E-state index is 0.00740. The van der Waals surface area contributed by atoms with E-state index in [2.05, 4.69) is 22.7 Å². The molecule has 0 bridgehead atoms. The number of carbonyl (C=O) groups is 2. The van der Waals surface area contributed by atoms with E-state index in [4.69, 9.17) is 10.2 Å². The van der Waals surface area contributed by atoms with Gasteiger partial charge in [-0.3, -0.25) is 9.59 Å². The van der Waals surface area contributed by atoms with Crippen molar-refractivity contribution in [2.24, 2.45) is 0 Å². The highest BCUT2D eigenvalue weighted by Gasteiger charge is 2.08. The van der Waals surface area contributed by atoms with E-state index in [9.17, 15) is 9.59 Å². The lowest BCUT2D eigenvalue weighted by molar-refractivity contribution is -0.147. The third-order valence-electron chi connectivity index (χ3n) is 1.22. The highest BCUT2D eigenvalue weighted by atomic mass is 32.1. The lowest BCUT2D eigenvalue weighted by Gasteiger charge is -2.08. The van der Waals surface area contributed by atoms with Gasteiger partial charge in [-0.15, -0.1) is 0 Å². The first kappa shape index (κ1) is 13.2. The summed E-state index contributed by atoms with van der Waals surface area (Å²) in [5, 5.41) is 19.4. The Labute approximate surface area is 86.7 Å². The normalized spacial score (nSPS) is 11.9. The van der Waals surface area contributed by atoms with Crippen LogP contribution in [-0.2, 0) is 14.3 Å². The Kier molecular flexibility index (Phi) is 7.17. The molecule has 1 atom stereocenters. The smallest absolute Gasteiger partial charge is 0.325 e. The first-order valence-corrected chi connectivity index (χ1v) is 4.55. The summed E-state index contributed by atoms with van der Waals surface area (Å²) in [6.07, 6.45) is -1.08. The summed E-state index contributed by atoms with van der Waals surface area (Å²) in [6, 6.07) is 0. The third kappa shape index (κ3) is 6.70. The number of aliphatic hydroxyl groups excluding tert-OH is 2. The summed E-state index contributed by atoms with van der Waals surface area (Å²) < 4.78 is 4.50. The molecule has 0 saturated heterocycles. The standard InChI is InChI=1S/C7H13NO5S/c9-2-5(10)3-13-7(12)1-8-6(11)4-14/h5,9-10,14H,1-4H2,(H,8,11). The van der Waals surface area contributed by atoms with Gasteiger partial charge in [0, 0.05) is 0 Å². The lowest BCUT2D eigenvalue weighted by Crippen LogP contribution is -2.33. The van der Waals surface area contributed by atoms with Gasteiger partial charge >= 0.3 is 5.97 Å². The van der Waals surface area contributed by atoms with Crippen LogP contribution in [0.25, 0.3) is 0 Å². The molecule has 6 nitrogen and oxygen atoms in total. The third-order valence-corrected chi connectivity index (χ3v) is 1.51. The number of aliphatic hydroxyl groups is 2. The van der Waals surface area contributed by atoms with E-state index in [1.807, 2.05) is 0 Å². The summed E-state index contributed by atoms with van der Waals surface area (Å²) >= 11 is 3.68. The molecule has 0 aliphatic carbocycles. The fourth-order valence-electron chi connectivity index (χ4n) is 0.520. The molecule has 0 fully saturated rings. The SMILES string of the molecule is O=C(CS)NCC(=O)OCC(O)CO. The van der Waals surface area contributed by atoms with Gasteiger partial charge in [0.25, 0.3) is 0 Å². The molecule has 0 rings (SSSR count). The summed E-state index contributed by atoms with van der Waals surface area (Å²) in [5.41, 5.74) is 0. The number of rotatable bonds is 6. The van der Waals surface area contributed by atoms with Crippen molar-refractivity contribution in [1.82, 2.24) is 5.32 Å². The number of carbonyl (C=O) groups excluding carboxylic acids is 2. The van der Waals surface area contributed by atoms with Gasteiger partial charge in [-0.2, -0.15) is 12.6 Å². The molecule has 14 heavy (non-hydrogen) atoms. The molecule has 0 spiro atoms. The number of nitrogens with one attached hydrogen (secondary N) is 1. The Balaban J connectivity index is 3.51. The van der Waals surface area contributed by atoms with Gasteiger partial charge in [0.1, 0.15) is 19.3 Å². The fourth-order valence-corrected chi connectivity index (χ4v) is 0.631. The minimum Gasteiger partial charge on any atom is -0.462 e. The molecule has 7 heteroatoms. The Hall–Kier alpha value is -0.790. The van der Waals surface area contributed by atoms with Crippen molar-refractivity contribution < 1.29 is 24.5 Å². The predicted octanol–water partition coefficient (Wildman–Crippen LogP) is -2.07. The van der Waals surface area contributed by atoms with E-state index in [0.29, 0.717) is 0 Å². The van der Waals surface area contributed by atoms with E-state index < -0.39 is 18.7 Å². The molecule has 1 unspecified atom stereocenters. The maximum atomic E-state index is 10.8. The highest BCUT2D eigenvalue weighted by Crippen LogP contribution is 1.84. The van der Waals surface area contributed by atoms with E-state index in [1.54, 1.807) is 0 Å². The van der Waals surface area contributed by atoms with Crippen molar-refractivity contribution in [3.05, 3.63) is 0 Å². The van der Waals surface area contributed by atoms with Crippen molar-refractivity contribution in [2.75, 3.05) is 25.5 Å². The number of amides is 1. The molecular weight excluding hydrogens is 210 g/mol. The van der Waals surface area contributed by atoms with E-state index in [1.165, 1.54) is 0 Å². The number of hydrogen-bond donors (Lipinski definition) is 4. The van der Waals surface area contributed by atoms with Gasteiger partial charge in [-0.25, -0.2) is 0 Å². The quantitative estimate of drug-likeness (QED) is 0.306. The second kappa shape index (κ2) is 7.60. The molecular formula is C7H13NO5S. The molecule has 3 N–H and O–H groups in total. The van der Waals surface area contributed by atoms with Gasteiger partial charge in [-0.05, 0) is 0 Å². The Morgan fingerprint density at radius 2 is 2.14 bits per heavy atom. The monoisotopic (exact) mass is 223 g/mol. The van der Waals surface area contributed by atoms with E-state index in [0.717, 1.165) is 0 Å². The van der Waals surface area contributed by atoms with Crippen molar-refractivity contribution in [3.8, 4) is 0 Å². The molecule has 0 aromatic rings. The highest BCUT2D eigenvalue weighted by molar-refractivity contribution is 7.81. The van der Waals surface area contributed by atoms with Crippen molar-refractivity contribution in [3.63, 3.8) is 0 Å². The summed E-state index contributed by atoms with van der Waals surface area (Å²) in [6.45, 7) is -1.03. The molecule has 0 aromatic heterocycles. The summed E-state index contributed by atoms with van der Waals surface area (Å²) in [4.78, 5) is 21.5. The van der Waals surface area contributed by atoms with E-state index >= 15 is 0 Å². The van der Waals surface area contributed by atoms with Crippen molar-refractivity contribution >= 4 is 24.5 Å². The molecule has 0 aliphatic rings. The van der Waals surface area contributed by atoms with Crippen molar-refractivity contribution in [1.29, 1.82) is 0 Å². The second-order valence-electron chi connectivity index (χ2n) is 2.45. The van der Waals surface area contributed by atoms with Crippen LogP contribution in [0, 0.1) is 0 Å².